The number of rotatable bonds is 24. The molecular weight excluding hydrogens is 1320 g/mol. The number of carbonyl (C=O) groups excluding carboxylic acids is 9. The summed E-state index contributed by atoms with van der Waals surface area (Å²) in [7, 11) is 4.19. The average molecular weight is 1420 g/mol. The third-order valence-corrected chi connectivity index (χ3v) is 10.7. The fraction of sp³-hybridized carbons (Fsp3) is 0.689. The number of aliphatic carboxylic acids is 1. The van der Waals surface area contributed by atoms with Crippen molar-refractivity contribution in [3.05, 3.63) is 73.1 Å². The minimum atomic E-state index is -1.08. The van der Waals surface area contributed by atoms with Gasteiger partial charge in [-0.3, -0.25) is 19.2 Å². The molecule has 0 aromatic carbocycles. The van der Waals surface area contributed by atoms with Gasteiger partial charge in [-0.15, -0.1) is 11.6 Å². The molecule has 27 nitrogen and oxygen atoms in total. The molecule has 4 saturated heterocycles. The largest absolute Gasteiger partial charge is 1.00 e. The van der Waals surface area contributed by atoms with E-state index < -0.39 is 5.97 Å². The van der Waals surface area contributed by atoms with Crippen molar-refractivity contribution in [3.63, 3.8) is 0 Å². The van der Waals surface area contributed by atoms with Gasteiger partial charge in [0, 0.05) is 51.1 Å². The Morgan fingerprint density at radius 3 is 1.17 bits per heavy atom. The van der Waals surface area contributed by atoms with Crippen LogP contribution in [0.25, 0.3) is 0 Å². The second kappa shape index (κ2) is 98.7. The van der Waals surface area contributed by atoms with Gasteiger partial charge in [0.25, 0.3) is 6.47 Å². The molecule has 4 fully saturated rings. The molecule has 5 rings (SSSR count). The number of allylic oxidation sites excluding steroid dienone is 4. The van der Waals surface area contributed by atoms with Crippen LogP contribution in [0.15, 0.2) is 73.1 Å². The van der Waals surface area contributed by atoms with E-state index in [1.807, 2.05) is 49.5 Å². The molecule has 5 aliphatic heterocycles. The first kappa shape index (κ1) is 110. The summed E-state index contributed by atoms with van der Waals surface area (Å²) >= 11 is 5.45. The number of esters is 3. The van der Waals surface area contributed by atoms with Crippen LogP contribution in [0.4, 0.5) is 0 Å². The van der Waals surface area contributed by atoms with Gasteiger partial charge in [-0.2, -0.15) is 19.2 Å². The van der Waals surface area contributed by atoms with Crippen LogP contribution in [0.1, 0.15) is 138 Å². The minimum Gasteiger partial charge on any atom is -1.00 e. The summed E-state index contributed by atoms with van der Waals surface area (Å²) in [6.45, 7) is 10.9. The Kier molecular flexibility index (Phi) is 118. The topological polar surface area (TPSA) is 380 Å². The standard InChI is InChI=1S/C13H22O4.C12H20O4.C9H15ClO2.C9H16O3.C5H8O.2C4H8O2.C2H4O2.CH2O3.2CO2.3K.H/c1-11(13(14)15-2)7-3-5-9-16-12-8-4-6-10-17-12;1-14-11(13)7-3-2-5-9-15-12-8-4-6-10-16-12;2*10-6-2-4-8-12-9-5-1-3-7-11-9;1-2-4-6-5-3-1;1-3-4(5)6-2;5-3-1-2-4-6;1-2(3)4;2-1-4-3;2*2-1-3;;;;/h3,5,11-12H,4,6-10H2,1-2H3;2,5,12H,3-4,6-10H2,1H3;2,4,9H,1,3,5-8H2;2,4,9-10H,1,3,5-8H2;2,4H,1,3,5H2;3H2,1-2H3;1-2,5-6H,3-4H2;1H3,(H,3,4);1,3H;;;;;;/q;;;;;;;;;;;3*+1;-1/p-2/b5-3-;5-2-;2*4-2-;;;2-1-;;;;;;;;. The Morgan fingerprint density at radius 2 is 0.935 bits per heavy atom. The first-order valence-corrected chi connectivity index (χ1v) is 29.6. The molecule has 5 heterocycles. The van der Waals surface area contributed by atoms with E-state index in [0.29, 0.717) is 58.0 Å². The van der Waals surface area contributed by atoms with Crippen LogP contribution in [0.5, 0.6) is 0 Å². The zero-order valence-corrected chi connectivity index (χ0v) is 66.0. The molecule has 0 bridgehead atoms. The van der Waals surface area contributed by atoms with Crippen LogP contribution in [0, 0.1) is 5.92 Å². The fourth-order valence-corrected chi connectivity index (χ4v) is 6.36. The van der Waals surface area contributed by atoms with E-state index in [4.69, 9.17) is 109 Å². The molecule has 0 aromatic rings. The first-order valence-electron chi connectivity index (χ1n) is 29.1. The van der Waals surface area contributed by atoms with Crippen LogP contribution in [-0.4, -0.2) is 190 Å². The quantitative estimate of drug-likeness (QED) is 0.0122. The molecule has 0 aliphatic carbocycles. The molecular formula is C61H102ClK3O27. The van der Waals surface area contributed by atoms with E-state index in [9.17, 15) is 14.4 Å². The first-order chi connectivity index (χ1) is 43.1. The summed E-state index contributed by atoms with van der Waals surface area (Å²) in [5.74, 6) is -1.14. The Balaban J connectivity index is -0.000000106. The van der Waals surface area contributed by atoms with Gasteiger partial charge in [0.15, 0.2) is 25.2 Å². The zero-order chi connectivity index (χ0) is 67.9. The number of methoxy groups -OCH3 is 3. The Bertz CT molecular complexity index is 1750. The van der Waals surface area contributed by atoms with Gasteiger partial charge in [0.1, 0.15) is 0 Å². The van der Waals surface area contributed by atoms with Crippen molar-refractivity contribution in [2.45, 2.75) is 162 Å². The predicted molar refractivity (Wildman–Crippen MR) is 318 cm³/mol. The van der Waals surface area contributed by atoms with Gasteiger partial charge in [-0.05, 0) is 116 Å². The van der Waals surface area contributed by atoms with Crippen LogP contribution >= 0.6 is 11.6 Å². The average Bonchev–Trinajstić information content (AvgIpc) is 3.72. The molecule has 3 N–H and O–H groups in total. The maximum absolute atomic E-state index is 11.1. The summed E-state index contributed by atoms with van der Waals surface area (Å²) < 4.78 is 61.7. The number of alkyl halides is 1. The Hall–Kier alpha value is -0.931. The third-order valence-electron chi connectivity index (χ3n) is 10.5. The van der Waals surface area contributed by atoms with E-state index in [2.05, 4.69) is 19.1 Å². The number of ether oxygens (including phenoxy) is 12. The molecule has 92 heavy (non-hydrogen) atoms. The number of hydrogen-bond donors (Lipinski definition) is 3. The number of carboxylic acid groups (broad SMARTS) is 1. The molecule has 5 aliphatic rings. The summed E-state index contributed by atoms with van der Waals surface area (Å²) in [5.41, 5.74) is 0. The molecule has 5 unspecified atom stereocenters. The van der Waals surface area contributed by atoms with Gasteiger partial charge in [0.05, 0.1) is 86.4 Å². The second-order valence-corrected chi connectivity index (χ2v) is 17.8. The molecule has 31 heteroatoms. The molecule has 0 spiro atoms. The summed E-state index contributed by atoms with van der Waals surface area (Å²) in [6, 6.07) is 0. The van der Waals surface area contributed by atoms with Crippen LogP contribution in [0.2, 0.25) is 0 Å². The van der Waals surface area contributed by atoms with Crippen LogP contribution < -0.4 is 165 Å². The molecule has 5 atom stereocenters. The van der Waals surface area contributed by atoms with E-state index in [-0.39, 0.29) is 243 Å². The summed E-state index contributed by atoms with van der Waals surface area (Å²) in [6.07, 6.45) is 40.1. The van der Waals surface area contributed by atoms with Gasteiger partial charge >= 0.3 is 184 Å². The predicted octanol–water partition coefficient (Wildman–Crippen LogP) is -3.72. The van der Waals surface area contributed by atoms with Gasteiger partial charge in [-0.25, -0.2) is 0 Å². The van der Waals surface area contributed by atoms with Crippen molar-refractivity contribution in [1.82, 2.24) is 0 Å². The van der Waals surface area contributed by atoms with Crippen molar-refractivity contribution < 1.29 is 286 Å². The third kappa shape index (κ3) is 103. The maximum atomic E-state index is 11.1. The van der Waals surface area contributed by atoms with Gasteiger partial charge in [-0.1, -0.05) is 74.6 Å². The maximum Gasteiger partial charge on any atom is 1.00 e. The van der Waals surface area contributed by atoms with E-state index in [1.54, 1.807) is 25.3 Å². The smallest absolute Gasteiger partial charge is 1.00 e. The molecule has 518 valence electrons. The van der Waals surface area contributed by atoms with E-state index in [1.165, 1.54) is 72.0 Å². The number of carboxylic acids is 1. The van der Waals surface area contributed by atoms with Crippen molar-refractivity contribution in [2.24, 2.45) is 5.92 Å². The summed E-state index contributed by atoms with van der Waals surface area (Å²) in [4.78, 5) is 84.5. The normalized spacial score (nSPS) is 17.5. The van der Waals surface area contributed by atoms with Crippen molar-refractivity contribution in [3.8, 4) is 0 Å². The van der Waals surface area contributed by atoms with Crippen LogP contribution in [-0.2, 0) is 105 Å². The van der Waals surface area contributed by atoms with E-state index >= 15 is 0 Å². The van der Waals surface area contributed by atoms with Crippen LogP contribution in [0.3, 0.4) is 0 Å². The zero-order valence-electron chi connectivity index (χ0n) is 56.8. The molecule has 0 radical (unpaired) electrons. The Morgan fingerprint density at radius 1 is 0.587 bits per heavy atom. The van der Waals surface area contributed by atoms with Crippen molar-refractivity contribution >= 4 is 54.3 Å². The number of aliphatic hydroxyl groups excluding tert-OH is 3. The number of aliphatic hydroxyl groups is 3. The molecule has 0 saturated carbocycles. The second-order valence-electron chi connectivity index (χ2n) is 17.5. The summed E-state index contributed by atoms with van der Waals surface area (Å²) in [5, 5.41) is 41.7. The van der Waals surface area contributed by atoms with Gasteiger partial charge < -0.3 is 93.6 Å². The van der Waals surface area contributed by atoms with Crippen molar-refractivity contribution in [1.29, 1.82) is 0 Å². The number of hydrogen-bond acceptors (Lipinski definition) is 27. The molecule has 0 aromatic heterocycles. The number of carbonyl (C=O) groups is 5. The monoisotopic (exact) mass is 1420 g/mol. The Labute approximate surface area is 678 Å². The van der Waals surface area contributed by atoms with E-state index in [0.717, 1.165) is 91.3 Å². The van der Waals surface area contributed by atoms with Gasteiger partial charge in [0.2, 0.25) is 0 Å². The number of halogens is 1. The molecule has 0 amide bonds. The van der Waals surface area contributed by atoms with Crippen molar-refractivity contribution in [2.75, 3.05) is 106 Å². The minimum absolute atomic E-state index is 0. The SMILES string of the molecule is C1=COCCC1.CC(=O)[O-].CCC(=O)OC.COC(=O)C(C)C/C=C\COC1CCCCO1.COC(=O)CC/C=C\COC1CCCCO1.ClC/C=C\COC1CCCCO1.O=C=O.O=C=O.O=CO[O-].OC/C=C\CO.OC/C=C\COC1CCCCO1.[H-].[K+].[K+].[K+]. The fourth-order valence-electron chi connectivity index (χ4n) is 6.23.